The molecule has 0 aliphatic heterocycles. The zero-order valence-corrected chi connectivity index (χ0v) is 13.2. The van der Waals surface area contributed by atoms with Crippen molar-refractivity contribution in [1.29, 1.82) is 0 Å². The lowest BCUT2D eigenvalue weighted by Gasteiger charge is -2.20. The lowest BCUT2D eigenvalue weighted by atomic mass is 9.84. The van der Waals surface area contributed by atoms with Crippen molar-refractivity contribution in [2.45, 2.75) is 19.3 Å². The van der Waals surface area contributed by atoms with E-state index < -0.39 is 0 Å². The molecule has 0 atom stereocenters. The van der Waals surface area contributed by atoms with Crippen LogP contribution in [0.25, 0.3) is 33.1 Å². The Morgan fingerprint density at radius 3 is 2.09 bits per heavy atom. The maximum atomic E-state index is 4.95. The smallest absolute Gasteiger partial charge is 0.0937 e. The molecule has 0 fully saturated rings. The van der Waals surface area contributed by atoms with Crippen LogP contribution in [0.3, 0.4) is 0 Å². The molecule has 0 bridgehead atoms. The molecule has 2 heteroatoms. The summed E-state index contributed by atoms with van der Waals surface area (Å²) in [5.41, 5.74) is 6.48. The lowest BCUT2D eigenvalue weighted by Crippen LogP contribution is -2.17. The molecule has 0 radical (unpaired) electrons. The van der Waals surface area contributed by atoms with Gasteiger partial charge in [-0.2, -0.15) is 0 Å². The van der Waals surface area contributed by atoms with Crippen LogP contribution in [-0.4, -0.2) is 9.97 Å². The monoisotopic (exact) mass is 296 g/mol. The van der Waals surface area contributed by atoms with Gasteiger partial charge < -0.3 is 0 Å². The van der Waals surface area contributed by atoms with Crippen LogP contribution in [0.15, 0.2) is 60.7 Å². The highest BCUT2D eigenvalue weighted by molar-refractivity contribution is 5.93. The molecular formula is C21H16N2. The van der Waals surface area contributed by atoms with Crippen LogP contribution in [0.1, 0.15) is 25.1 Å². The third kappa shape index (κ3) is 1.63. The van der Waals surface area contributed by atoms with Gasteiger partial charge in [0.05, 0.1) is 22.4 Å². The molecule has 110 valence electrons. The van der Waals surface area contributed by atoms with Crippen LogP contribution >= 0.6 is 0 Å². The maximum absolute atomic E-state index is 4.95. The first-order chi connectivity index (χ1) is 11.1. The first kappa shape index (κ1) is 12.8. The van der Waals surface area contributed by atoms with E-state index in [-0.39, 0.29) is 5.41 Å². The SMILES string of the molecule is CC1(C)c2cc3ccccc3cc2-c2nc3ccccc3nc21. The Labute approximate surface area is 134 Å². The molecule has 0 saturated carbocycles. The van der Waals surface area contributed by atoms with Gasteiger partial charge in [-0.25, -0.2) is 9.97 Å². The predicted octanol–water partition coefficient (Wildman–Crippen LogP) is 5.09. The van der Waals surface area contributed by atoms with E-state index in [1.807, 2.05) is 24.3 Å². The van der Waals surface area contributed by atoms with Crippen molar-refractivity contribution in [2.75, 3.05) is 0 Å². The number of fused-ring (bicyclic) bond motifs is 5. The largest absolute Gasteiger partial charge is 0.248 e. The van der Waals surface area contributed by atoms with E-state index in [2.05, 4.69) is 50.2 Å². The van der Waals surface area contributed by atoms with Gasteiger partial charge in [0.25, 0.3) is 0 Å². The van der Waals surface area contributed by atoms with Gasteiger partial charge in [0.1, 0.15) is 0 Å². The van der Waals surface area contributed by atoms with Crippen LogP contribution in [0, 0.1) is 0 Å². The minimum Gasteiger partial charge on any atom is -0.248 e. The summed E-state index contributed by atoms with van der Waals surface area (Å²) in [6.45, 7) is 4.49. The first-order valence-electron chi connectivity index (χ1n) is 7.95. The Morgan fingerprint density at radius 1 is 0.739 bits per heavy atom. The molecule has 0 spiro atoms. The Kier molecular flexibility index (Phi) is 2.31. The second-order valence-corrected chi connectivity index (χ2v) is 6.78. The fourth-order valence-corrected chi connectivity index (χ4v) is 3.70. The van der Waals surface area contributed by atoms with Gasteiger partial charge in [-0.05, 0) is 40.6 Å². The Bertz CT molecular complexity index is 1010. The van der Waals surface area contributed by atoms with E-state index in [9.17, 15) is 0 Å². The highest BCUT2D eigenvalue weighted by Crippen LogP contribution is 2.48. The highest BCUT2D eigenvalue weighted by atomic mass is 14.9. The van der Waals surface area contributed by atoms with Crippen molar-refractivity contribution in [3.63, 3.8) is 0 Å². The summed E-state index contributed by atoms with van der Waals surface area (Å²) in [6, 6.07) is 21.2. The summed E-state index contributed by atoms with van der Waals surface area (Å²) in [7, 11) is 0. The number of aromatic nitrogens is 2. The second-order valence-electron chi connectivity index (χ2n) is 6.78. The quantitative estimate of drug-likeness (QED) is 0.452. The van der Waals surface area contributed by atoms with Gasteiger partial charge in [0, 0.05) is 11.0 Å². The minimum absolute atomic E-state index is 0.119. The fourth-order valence-electron chi connectivity index (χ4n) is 3.70. The molecule has 0 saturated heterocycles. The Morgan fingerprint density at radius 2 is 1.35 bits per heavy atom. The van der Waals surface area contributed by atoms with E-state index in [1.165, 1.54) is 21.9 Å². The van der Waals surface area contributed by atoms with Crippen LogP contribution < -0.4 is 0 Å². The Hall–Kier alpha value is -2.74. The maximum Gasteiger partial charge on any atom is 0.0937 e. The van der Waals surface area contributed by atoms with Crippen molar-refractivity contribution in [3.8, 4) is 11.3 Å². The second kappa shape index (κ2) is 4.17. The summed E-state index contributed by atoms with van der Waals surface area (Å²) in [5.74, 6) is 0. The topological polar surface area (TPSA) is 25.8 Å². The number of nitrogens with zero attached hydrogens (tertiary/aromatic N) is 2. The molecule has 1 aliphatic carbocycles. The third-order valence-corrected chi connectivity index (χ3v) is 4.98. The van der Waals surface area contributed by atoms with E-state index >= 15 is 0 Å². The van der Waals surface area contributed by atoms with Crippen molar-refractivity contribution >= 4 is 21.8 Å². The predicted molar refractivity (Wildman–Crippen MR) is 94.6 cm³/mol. The van der Waals surface area contributed by atoms with Crippen LogP contribution in [0.2, 0.25) is 0 Å². The highest BCUT2D eigenvalue weighted by Gasteiger charge is 2.38. The van der Waals surface area contributed by atoms with Gasteiger partial charge in [-0.3, -0.25) is 0 Å². The molecular weight excluding hydrogens is 280 g/mol. The molecule has 23 heavy (non-hydrogen) atoms. The molecule has 3 aromatic carbocycles. The zero-order chi connectivity index (χ0) is 15.6. The number of rotatable bonds is 0. The Balaban J connectivity index is 1.92. The average molecular weight is 296 g/mol. The number of para-hydroxylation sites is 2. The van der Waals surface area contributed by atoms with E-state index in [1.54, 1.807) is 0 Å². The molecule has 2 nitrogen and oxygen atoms in total. The molecule has 0 amide bonds. The van der Waals surface area contributed by atoms with Crippen LogP contribution in [0.5, 0.6) is 0 Å². The molecule has 0 unspecified atom stereocenters. The van der Waals surface area contributed by atoms with E-state index in [0.717, 1.165) is 22.4 Å². The summed E-state index contributed by atoms with van der Waals surface area (Å²) >= 11 is 0. The van der Waals surface area contributed by atoms with Crippen molar-refractivity contribution in [1.82, 2.24) is 9.97 Å². The van der Waals surface area contributed by atoms with Gasteiger partial charge >= 0.3 is 0 Å². The van der Waals surface area contributed by atoms with Crippen molar-refractivity contribution in [2.24, 2.45) is 0 Å². The lowest BCUT2D eigenvalue weighted by molar-refractivity contribution is 0.639. The fraction of sp³-hybridized carbons (Fsp3) is 0.143. The van der Waals surface area contributed by atoms with Gasteiger partial charge in [0.2, 0.25) is 0 Å². The number of benzene rings is 3. The standard InChI is InChI=1S/C21H16N2/c1-21(2)16-12-14-8-4-3-7-13(14)11-15(16)19-20(21)23-18-10-6-5-9-17(18)22-19/h3-12H,1-2H3. The van der Waals surface area contributed by atoms with Gasteiger partial charge in [0.15, 0.2) is 0 Å². The number of hydrogen-bond donors (Lipinski definition) is 0. The van der Waals surface area contributed by atoms with E-state index in [0.29, 0.717) is 0 Å². The van der Waals surface area contributed by atoms with Crippen molar-refractivity contribution in [3.05, 3.63) is 71.9 Å². The molecule has 1 aliphatic rings. The summed E-state index contributed by atoms with van der Waals surface area (Å²) in [4.78, 5) is 9.89. The minimum atomic E-state index is -0.119. The van der Waals surface area contributed by atoms with Gasteiger partial charge in [-0.15, -0.1) is 0 Å². The normalized spacial score (nSPS) is 14.9. The van der Waals surface area contributed by atoms with Crippen LogP contribution in [-0.2, 0) is 5.41 Å². The third-order valence-electron chi connectivity index (χ3n) is 4.98. The summed E-state index contributed by atoms with van der Waals surface area (Å²) < 4.78 is 0. The molecule has 1 heterocycles. The summed E-state index contributed by atoms with van der Waals surface area (Å²) in [6.07, 6.45) is 0. The van der Waals surface area contributed by atoms with E-state index in [4.69, 9.17) is 9.97 Å². The summed E-state index contributed by atoms with van der Waals surface area (Å²) in [5, 5.41) is 2.53. The molecule has 4 aromatic rings. The zero-order valence-electron chi connectivity index (χ0n) is 13.2. The molecule has 0 N–H and O–H groups in total. The van der Waals surface area contributed by atoms with Crippen LogP contribution in [0.4, 0.5) is 0 Å². The van der Waals surface area contributed by atoms with Crippen molar-refractivity contribution < 1.29 is 0 Å². The number of hydrogen-bond acceptors (Lipinski definition) is 2. The molecule has 5 rings (SSSR count). The average Bonchev–Trinajstić information content (AvgIpc) is 2.79. The first-order valence-corrected chi connectivity index (χ1v) is 7.95. The molecule has 1 aromatic heterocycles. The van der Waals surface area contributed by atoms with Gasteiger partial charge in [-0.1, -0.05) is 50.2 Å².